The SMILES string of the molecule is N#Cc1cccc(NC(=O)CNC(=O)c2cccc([N+](=O)[O-])c2)c1. The Morgan fingerprint density at radius 3 is 2.62 bits per heavy atom. The van der Waals surface area contributed by atoms with E-state index in [1.807, 2.05) is 6.07 Å². The maximum absolute atomic E-state index is 11.9. The second-order valence-corrected chi connectivity index (χ2v) is 4.73. The summed E-state index contributed by atoms with van der Waals surface area (Å²) >= 11 is 0. The van der Waals surface area contributed by atoms with E-state index in [4.69, 9.17) is 5.26 Å². The summed E-state index contributed by atoms with van der Waals surface area (Å²) in [4.78, 5) is 33.8. The van der Waals surface area contributed by atoms with Gasteiger partial charge in [0.15, 0.2) is 0 Å². The van der Waals surface area contributed by atoms with Crippen LogP contribution in [0.3, 0.4) is 0 Å². The van der Waals surface area contributed by atoms with Crippen molar-refractivity contribution < 1.29 is 14.5 Å². The maximum atomic E-state index is 11.9. The van der Waals surface area contributed by atoms with Gasteiger partial charge in [0.25, 0.3) is 11.6 Å². The highest BCUT2D eigenvalue weighted by molar-refractivity contribution is 5.99. The molecular formula is C16H12N4O4. The molecular weight excluding hydrogens is 312 g/mol. The van der Waals surface area contributed by atoms with Crippen molar-refractivity contribution in [1.29, 1.82) is 5.26 Å². The van der Waals surface area contributed by atoms with Crippen molar-refractivity contribution >= 4 is 23.2 Å². The van der Waals surface area contributed by atoms with Crippen molar-refractivity contribution in [2.75, 3.05) is 11.9 Å². The Bertz CT molecular complexity index is 842. The minimum atomic E-state index is -0.605. The Labute approximate surface area is 136 Å². The molecule has 0 aliphatic heterocycles. The molecule has 0 bridgehead atoms. The largest absolute Gasteiger partial charge is 0.343 e. The predicted molar refractivity (Wildman–Crippen MR) is 85.2 cm³/mol. The zero-order chi connectivity index (χ0) is 17.5. The molecule has 8 nitrogen and oxygen atoms in total. The fourth-order valence-electron chi connectivity index (χ4n) is 1.90. The summed E-state index contributed by atoms with van der Waals surface area (Å²) in [6, 6.07) is 13.5. The van der Waals surface area contributed by atoms with Crippen molar-refractivity contribution in [3.63, 3.8) is 0 Å². The highest BCUT2D eigenvalue weighted by Crippen LogP contribution is 2.13. The van der Waals surface area contributed by atoms with Gasteiger partial charge in [0, 0.05) is 23.4 Å². The molecule has 0 saturated carbocycles. The molecule has 0 saturated heterocycles. The summed E-state index contributed by atoms with van der Waals surface area (Å²) in [5, 5.41) is 24.4. The molecule has 8 heteroatoms. The fraction of sp³-hybridized carbons (Fsp3) is 0.0625. The standard InChI is InChI=1S/C16H12N4O4/c17-9-11-3-1-5-13(7-11)19-15(21)10-18-16(22)12-4-2-6-14(8-12)20(23)24/h1-8H,10H2,(H,18,22)(H,19,21). The number of amides is 2. The number of carbonyl (C=O) groups is 2. The first kappa shape index (κ1) is 16.6. The molecule has 0 fully saturated rings. The van der Waals surface area contributed by atoms with Crippen LogP contribution in [0.1, 0.15) is 15.9 Å². The maximum Gasteiger partial charge on any atom is 0.270 e. The number of nitro benzene ring substituents is 1. The molecule has 2 rings (SSSR count). The number of nitrogens with zero attached hydrogens (tertiary/aromatic N) is 2. The van der Waals surface area contributed by atoms with Crippen molar-refractivity contribution in [2.24, 2.45) is 0 Å². The number of hydrogen-bond donors (Lipinski definition) is 2. The number of non-ortho nitro benzene ring substituents is 1. The third-order valence-corrected chi connectivity index (χ3v) is 3.00. The molecule has 0 atom stereocenters. The molecule has 0 aliphatic rings. The van der Waals surface area contributed by atoms with Crippen LogP contribution in [0.4, 0.5) is 11.4 Å². The molecule has 0 unspecified atom stereocenters. The lowest BCUT2D eigenvalue weighted by atomic mass is 10.2. The molecule has 2 amide bonds. The topological polar surface area (TPSA) is 125 Å². The molecule has 2 aromatic carbocycles. The van der Waals surface area contributed by atoms with Crippen LogP contribution in [0.25, 0.3) is 0 Å². The Balaban J connectivity index is 1.94. The van der Waals surface area contributed by atoms with E-state index in [2.05, 4.69) is 10.6 Å². The van der Waals surface area contributed by atoms with Crippen LogP contribution in [-0.2, 0) is 4.79 Å². The van der Waals surface area contributed by atoms with Gasteiger partial charge in [-0.1, -0.05) is 12.1 Å². The van der Waals surface area contributed by atoms with Crippen molar-refractivity contribution in [1.82, 2.24) is 5.32 Å². The van der Waals surface area contributed by atoms with Gasteiger partial charge < -0.3 is 10.6 Å². The number of anilines is 1. The van der Waals surface area contributed by atoms with E-state index >= 15 is 0 Å². The minimum absolute atomic E-state index is 0.0866. The van der Waals surface area contributed by atoms with Gasteiger partial charge in [0.2, 0.25) is 5.91 Å². The number of nitro groups is 1. The molecule has 0 spiro atoms. The molecule has 0 aromatic heterocycles. The van der Waals surface area contributed by atoms with Crippen LogP contribution < -0.4 is 10.6 Å². The van der Waals surface area contributed by atoms with Crippen LogP contribution in [0.2, 0.25) is 0 Å². The summed E-state index contributed by atoms with van der Waals surface area (Å²) in [5.41, 5.74) is 0.709. The lowest BCUT2D eigenvalue weighted by Crippen LogP contribution is -2.32. The summed E-state index contributed by atoms with van der Waals surface area (Å²) < 4.78 is 0. The zero-order valence-corrected chi connectivity index (χ0v) is 12.4. The van der Waals surface area contributed by atoms with Crippen LogP contribution in [0.5, 0.6) is 0 Å². The molecule has 0 heterocycles. The Morgan fingerprint density at radius 2 is 1.92 bits per heavy atom. The van der Waals surface area contributed by atoms with Gasteiger partial charge in [0.1, 0.15) is 0 Å². The number of nitriles is 1. The summed E-state index contributed by atoms with van der Waals surface area (Å²) in [6.45, 7) is -0.307. The highest BCUT2D eigenvalue weighted by Gasteiger charge is 2.12. The van der Waals surface area contributed by atoms with Crippen molar-refractivity contribution in [2.45, 2.75) is 0 Å². The van der Waals surface area contributed by atoms with Crippen LogP contribution in [0.15, 0.2) is 48.5 Å². The zero-order valence-electron chi connectivity index (χ0n) is 12.4. The van der Waals surface area contributed by atoms with E-state index in [-0.39, 0.29) is 17.8 Å². The van der Waals surface area contributed by atoms with Gasteiger partial charge in [-0.15, -0.1) is 0 Å². The van der Waals surface area contributed by atoms with Gasteiger partial charge in [-0.25, -0.2) is 0 Å². The molecule has 2 aromatic rings. The summed E-state index contributed by atoms with van der Waals surface area (Å²) in [6.07, 6.45) is 0. The average Bonchev–Trinajstić information content (AvgIpc) is 2.60. The van der Waals surface area contributed by atoms with Crippen molar-refractivity contribution in [3.05, 3.63) is 69.8 Å². The van der Waals surface area contributed by atoms with E-state index in [9.17, 15) is 19.7 Å². The van der Waals surface area contributed by atoms with Crippen molar-refractivity contribution in [3.8, 4) is 6.07 Å². The predicted octanol–water partition coefficient (Wildman–Crippen LogP) is 1.83. The van der Waals surface area contributed by atoms with Gasteiger partial charge in [0.05, 0.1) is 23.1 Å². The first-order chi connectivity index (χ1) is 11.5. The quantitative estimate of drug-likeness (QED) is 0.641. The number of benzene rings is 2. The smallest absolute Gasteiger partial charge is 0.270 e. The summed E-state index contributed by atoms with van der Waals surface area (Å²) in [7, 11) is 0. The number of rotatable bonds is 5. The number of carbonyl (C=O) groups excluding carboxylic acids is 2. The minimum Gasteiger partial charge on any atom is -0.343 e. The van der Waals surface area contributed by atoms with E-state index in [0.29, 0.717) is 11.3 Å². The third-order valence-electron chi connectivity index (χ3n) is 3.00. The first-order valence-electron chi connectivity index (χ1n) is 6.82. The molecule has 0 aliphatic carbocycles. The van der Waals surface area contributed by atoms with Gasteiger partial charge in [-0.3, -0.25) is 19.7 Å². The van der Waals surface area contributed by atoms with Crippen LogP contribution >= 0.6 is 0 Å². The molecule has 24 heavy (non-hydrogen) atoms. The lowest BCUT2D eigenvalue weighted by molar-refractivity contribution is -0.384. The van der Waals surface area contributed by atoms with E-state index in [1.165, 1.54) is 24.3 Å². The number of hydrogen-bond acceptors (Lipinski definition) is 5. The average molecular weight is 324 g/mol. The second kappa shape index (κ2) is 7.51. The molecule has 2 N–H and O–H groups in total. The normalized spacial score (nSPS) is 9.62. The van der Waals surface area contributed by atoms with Gasteiger partial charge in [-0.2, -0.15) is 5.26 Å². The highest BCUT2D eigenvalue weighted by atomic mass is 16.6. The van der Waals surface area contributed by atoms with Crippen LogP contribution in [0, 0.1) is 21.4 Å². The molecule has 120 valence electrons. The third kappa shape index (κ3) is 4.38. The monoisotopic (exact) mass is 324 g/mol. The Kier molecular flexibility index (Phi) is 5.20. The number of nitrogens with one attached hydrogen (secondary N) is 2. The fourth-order valence-corrected chi connectivity index (χ4v) is 1.90. The summed E-state index contributed by atoms with van der Waals surface area (Å²) in [5.74, 6) is -1.08. The van der Waals surface area contributed by atoms with Gasteiger partial charge in [-0.05, 0) is 24.3 Å². The lowest BCUT2D eigenvalue weighted by Gasteiger charge is -2.07. The van der Waals surface area contributed by atoms with E-state index in [1.54, 1.807) is 18.2 Å². The Hall–Kier alpha value is -3.73. The Morgan fingerprint density at radius 1 is 1.17 bits per heavy atom. The van der Waals surface area contributed by atoms with E-state index in [0.717, 1.165) is 6.07 Å². The van der Waals surface area contributed by atoms with Crippen LogP contribution in [-0.4, -0.2) is 23.3 Å². The van der Waals surface area contributed by atoms with E-state index < -0.39 is 16.7 Å². The molecule has 0 radical (unpaired) electrons. The van der Waals surface area contributed by atoms with Gasteiger partial charge >= 0.3 is 0 Å². The first-order valence-corrected chi connectivity index (χ1v) is 6.82. The second-order valence-electron chi connectivity index (χ2n) is 4.73.